The number of amides is 1. The third-order valence-electron chi connectivity index (χ3n) is 2.38. The lowest BCUT2D eigenvalue weighted by molar-refractivity contribution is 0.102. The second-order valence-corrected chi connectivity index (χ2v) is 4.28. The molecule has 94 valence electrons. The van der Waals surface area contributed by atoms with Gasteiger partial charge in [-0.2, -0.15) is 5.10 Å². The highest BCUT2D eigenvalue weighted by atomic mass is 16.5. The van der Waals surface area contributed by atoms with Gasteiger partial charge in [-0.3, -0.25) is 4.79 Å². The van der Waals surface area contributed by atoms with Crippen molar-refractivity contribution >= 4 is 11.7 Å². The zero-order chi connectivity index (χ0) is 13.1. The summed E-state index contributed by atoms with van der Waals surface area (Å²) in [5.74, 6) is 0.928. The number of hydrogen-bond acceptors (Lipinski definition) is 5. The Labute approximate surface area is 104 Å². The minimum absolute atomic E-state index is 0.250. The molecule has 6 heteroatoms. The van der Waals surface area contributed by atoms with Crippen LogP contribution in [0.3, 0.4) is 0 Å². The van der Waals surface area contributed by atoms with Gasteiger partial charge < -0.3 is 9.84 Å². The quantitative estimate of drug-likeness (QED) is 0.897. The number of anilines is 1. The van der Waals surface area contributed by atoms with E-state index in [1.807, 2.05) is 13.8 Å². The van der Waals surface area contributed by atoms with Crippen molar-refractivity contribution in [2.45, 2.75) is 26.7 Å². The number of rotatable bonds is 3. The Morgan fingerprint density at radius 3 is 2.61 bits per heavy atom. The lowest BCUT2D eigenvalue weighted by atomic mass is 10.1. The van der Waals surface area contributed by atoms with E-state index in [1.165, 1.54) is 0 Å². The molecule has 0 atom stereocenters. The van der Waals surface area contributed by atoms with Crippen molar-refractivity contribution in [3.8, 4) is 0 Å². The molecular formula is C12H14N4O2. The third-order valence-corrected chi connectivity index (χ3v) is 2.38. The number of carbonyl (C=O) groups excluding carboxylic acids is 1. The fourth-order valence-electron chi connectivity index (χ4n) is 1.38. The first kappa shape index (κ1) is 12.2. The van der Waals surface area contributed by atoms with Crippen LogP contribution in [0.2, 0.25) is 0 Å². The van der Waals surface area contributed by atoms with Crippen molar-refractivity contribution in [3.05, 3.63) is 35.3 Å². The lowest BCUT2D eigenvalue weighted by Gasteiger charge is -2.04. The highest BCUT2D eigenvalue weighted by Gasteiger charge is 2.11. The lowest BCUT2D eigenvalue weighted by Crippen LogP contribution is -2.15. The van der Waals surface area contributed by atoms with Crippen molar-refractivity contribution in [2.24, 2.45) is 0 Å². The molecule has 0 aliphatic rings. The van der Waals surface area contributed by atoms with E-state index in [2.05, 4.69) is 20.7 Å². The van der Waals surface area contributed by atoms with Crippen LogP contribution < -0.4 is 5.32 Å². The molecule has 0 spiro atoms. The second kappa shape index (κ2) is 4.95. The van der Waals surface area contributed by atoms with Crippen molar-refractivity contribution in [1.29, 1.82) is 0 Å². The standard InChI is InChI=1S/C12H14N4O2/c1-7(2)9-4-5-10(15-14-9)12(17)13-11-6-8(3)18-16-11/h4-7H,1-3H3,(H,13,16,17). The first-order chi connectivity index (χ1) is 8.56. The van der Waals surface area contributed by atoms with Gasteiger partial charge in [0, 0.05) is 6.07 Å². The van der Waals surface area contributed by atoms with Crippen molar-refractivity contribution < 1.29 is 9.32 Å². The van der Waals surface area contributed by atoms with Crippen LogP contribution in [-0.2, 0) is 0 Å². The van der Waals surface area contributed by atoms with Gasteiger partial charge in [0.25, 0.3) is 5.91 Å². The molecule has 0 aliphatic carbocycles. The van der Waals surface area contributed by atoms with Gasteiger partial charge in [0.1, 0.15) is 5.76 Å². The fourth-order valence-corrected chi connectivity index (χ4v) is 1.38. The molecule has 1 N–H and O–H groups in total. The maximum atomic E-state index is 11.8. The Balaban J connectivity index is 2.09. The minimum Gasteiger partial charge on any atom is -0.360 e. The van der Waals surface area contributed by atoms with Gasteiger partial charge in [-0.25, -0.2) is 0 Å². The Morgan fingerprint density at radius 2 is 2.11 bits per heavy atom. The summed E-state index contributed by atoms with van der Waals surface area (Å²) in [6.07, 6.45) is 0. The average molecular weight is 246 g/mol. The fraction of sp³-hybridized carbons (Fsp3) is 0.333. The zero-order valence-electron chi connectivity index (χ0n) is 10.5. The molecule has 2 aromatic rings. The Hall–Kier alpha value is -2.24. The van der Waals surface area contributed by atoms with Crippen LogP contribution in [0.15, 0.2) is 22.7 Å². The summed E-state index contributed by atoms with van der Waals surface area (Å²) in [6, 6.07) is 5.07. The molecule has 0 radical (unpaired) electrons. The summed E-state index contributed by atoms with van der Waals surface area (Å²) in [4.78, 5) is 11.8. The van der Waals surface area contributed by atoms with Crippen LogP contribution >= 0.6 is 0 Å². The summed E-state index contributed by atoms with van der Waals surface area (Å²) in [7, 11) is 0. The highest BCUT2D eigenvalue weighted by molar-refractivity contribution is 6.02. The van der Waals surface area contributed by atoms with Crippen LogP contribution in [0.5, 0.6) is 0 Å². The molecule has 2 rings (SSSR count). The van der Waals surface area contributed by atoms with E-state index in [4.69, 9.17) is 4.52 Å². The maximum Gasteiger partial charge on any atom is 0.277 e. The number of aromatic nitrogens is 3. The molecule has 0 unspecified atom stereocenters. The predicted octanol–water partition coefficient (Wildman–Crippen LogP) is 2.15. The molecule has 18 heavy (non-hydrogen) atoms. The van der Waals surface area contributed by atoms with Gasteiger partial charge in [0.2, 0.25) is 0 Å². The van der Waals surface area contributed by atoms with E-state index in [0.29, 0.717) is 11.6 Å². The van der Waals surface area contributed by atoms with Crippen LogP contribution in [0.4, 0.5) is 5.82 Å². The molecule has 2 aromatic heterocycles. The third kappa shape index (κ3) is 2.71. The molecule has 0 aromatic carbocycles. The summed E-state index contributed by atoms with van der Waals surface area (Å²) >= 11 is 0. The number of nitrogens with zero attached hydrogens (tertiary/aromatic N) is 3. The summed E-state index contributed by atoms with van der Waals surface area (Å²) in [5.41, 5.74) is 1.10. The van der Waals surface area contributed by atoms with Gasteiger partial charge in [-0.05, 0) is 25.0 Å². The molecule has 0 saturated carbocycles. The second-order valence-electron chi connectivity index (χ2n) is 4.28. The molecule has 0 bridgehead atoms. The van der Waals surface area contributed by atoms with Crippen LogP contribution in [0, 0.1) is 6.92 Å². The molecule has 0 saturated heterocycles. The SMILES string of the molecule is Cc1cc(NC(=O)c2ccc(C(C)C)nn2)no1. The average Bonchev–Trinajstić information content (AvgIpc) is 2.75. The highest BCUT2D eigenvalue weighted by Crippen LogP contribution is 2.11. The van der Waals surface area contributed by atoms with Crippen molar-refractivity contribution in [1.82, 2.24) is 15.4 Å². The molecule has 6 nitrogen and oxygen atoms in total. The Morgan fingerprint density at radius 1 is 1.33 bits per heavy atom. The molecule has 2 heterocycles. The molecule has 0 fully saturated rings. The van der Waals surface area contributed by atoms with Crippen molar-refractivity contribution in [3.63, 3.8) is 0 Å². The van der Waals surface area contributed by atoms with Gasteiger partial charge in [0.15, 0.2) is 11.5 Å². The Kier molecular flexibility index (Phi) is 3.36. The van der Waals surface area contributed by atoms with E-state index in [9.17, 15) is 4.79 Å². The Bertz CT molecular complexity index is 545. The van der Waals surface area contributed by atoms with Crippen molar-refractivity contribution in [2.75, 3.05) is 5.32 Å². The van der Waals surface area contributed by atoms with E-state index < -0.39 is 0 Å². The first-order valence-electron chi connectivity index (χ1n) is 5.64. The number of nitrogens with one attached hydrogen (secondary N) is 1. The predicted molar refractivity (Wildman–Crippen MR) is 65.3 cm³/mol. The van der Waals surface area contributed by atoms with Gasteiger partial charge in [-0.1, -0.05) is 19.0 Å². The van der Waals surface area contributed by atoms with E-state index in [-0.39, 0.29) is 17.5 Å². The van der Waals surface area contributed by atoms with E-state index in [1.54, 1.807) is 25.1 Å². The number of aryl methyl sites for hydroxylation is 1. The van der Waals surface area contributed by atoms with E-state index >= 15 is 0 Å². The zero-order valence-corrected chi connectivity index (χ0v) is 10.5. The van der Waals surface area contributed by atoms with Gasteiger partial charge >= 0.3 is 0 Å². The maximum absolute atomic E-state index is 11.8. The summed E-state index contributed by atoms with van der Waals surface area (Å²) in [5, 5.41) is 14.1. The van der Waals surface area contributed by atoms with Crippen LogP contribution in [0.1, 0.15) is 41.7 Å². The summed E-state index contributed by atoms with van der Waals surface area (Å²) in [6.45, 7) is 5.78. The monoisotopic (exact) mass is 246 g/mol. The van der Waals surface area contributed by atoms with Crippen LogP contribution in [0.25, 0.3) is 0 Å². The van der Waals surface area contributed by atoms with Crippen LogP contribution in [-0.4, -0.2) is 21.3 Å². The number of carbonyl (C=O) groups is 1. The van der Waals surface area contributed by atoms with Gasteiger partial charge in [-0.15, -0.1) is 5.10 Å². The largest absolute Gasteiger partial charge is 0.360 e. The normalized spacial score (nSPS) is 10.7. The summed E-state index contributed by atoms with van der Waals surface area (Å²) < 4.78 is 4.85. The molecule has 1 amide bonds. The minimum atomic E-state index is -0.355. The smallest absolute Gasteiger partial charge is 0.277 e. The van der Waals surface area contributed by atoms with E-state index in [0.717, 1.165) is 5.69 Å². The topological polar surface area (TPSA) is 80.9 Å². The first-order valence-corrected chi connectivity index (χ1v) is 5.64. The molecular weight excluding hydrogens is 232 g/mol. The van der Waals surface area contributed by atoms with Gasteiger partial charge in [0.05, 0.1) is 5.69 Å². The number of hydrogen-bond donors (Lipinski definition) is 1. The molecule has 0 aliphatic heterocycles.